The Labute approximate surface area is 127 Å². The Hall–Kier alpha value is -0.950. The van der Waals surface area contributed by atoms with E-state index < -0.39 is 10.0 Å². The molecule has 1 atom stereocenters. The van der Waals surface area contributed by atoms with E-state index in [2.05, 4.69) is 23.9 Å². The molecule has 1 aromatic carbocycles. The second kappa shape index (κ2) is 7.35. The molecule has 1 saturated heterocycles. The zero-order chi connectivity index (χ0) is 15.3. The molecule has 0 spiro atoms. The van der Waals surface area contributed by atoms with E-state index in [1.807, 2.05) is 12.1 Å². The summed E-state index contributed by atoms with van der Waals surface area (Å²) in [4.78, 5) is 0.312. The maximum absolute atomic E-state index is 12.2. The average Bonchev–Trinajstić information content (AvgIpc) is 2.46. The molecular formula is C15H24N2O3S. The highest BCUT2D eigenvalue weighted by Gasteiger charge is 2.18. The molecule has 6 heteroatoms. The molecule has 1 aliphatic rings. The lowest BCUT2D eigenvalue weighted by Crippen LogP contribution is -2.48. The average molecular weight is 312 g/mol. The van der Waals surface area contributed by atoms with Crippen LogP contribution in [0.2, 0.25) is 0 Å². The number of sulfonamides is 1. The Bertz CT molecular complexity index is 535. The highest BCUT2D eigenvalue weighted by atomic mass is 32.2. The fraction of sp³-hybridized carbons (Fsp3) is 0.600. The van der Waals surface area contributed by atoms with Crippen LogP contribution in [0.1, 0.15) is 19.4 Å². The zero-order valence-corrected chi connectivity index (χ0v) is 13.4. The summed E-state index contributed by atoms with van der Waals surface area (Å²) in [6.45, 7) is 6.61. The third-order valence-corrected chi connectivity index (χ3v) is 4.84. The molecule has 1 fully saturated rings. The van der Waals surface area contributed by atoms with Crippen molar-refractivity contribution in [3.63, 3.8) is 0 Å². The molecule has 0 aliphatic carbocycles. The Morgan fingerprint density at radius 3 is 2.62 bits per heavy atom. The van der Waals surface area contributed by atoms with Crippen LogP contribution in [0.5, 0.6) is 0 Å². The van der Waals surface area contributed by atoms with Gasteiger partial charge >= 0.3 is 0 Å². The van der Waals surface area contributed by atoms with Crippen LogP contribution >= 0.6 is 0 Å². The second-order valence-corrected chi connectivity index (χ2v) is 7.59. The van der Waals surface area contributed by atoms with Crippen LogP contribution in [0, 0.1) is 5.92 Å². The Kier molecular flexibility index (Phi) is 5.75. The van der Waals surface area contributed by atoms with Gasteiger partial charge in [-0.15, -0.1) is 0 Å². The van der Waals surface area contributed by atoms with E-state index in [1.165, 1.54) is 0 Å². The molecular weight excluding hydrogens is 288 g/mol. The van der Waals surface area contributed by atoms with Gasteiger partial charge in [0.25, 0.3) is 0 Å². The van der Waals surface area contributed by atoms with Crippen molar-refractivity contribution in [3.8, 4) is 0 Å². The monoisotopic (exact) mass is 312 g/mol. The van der Waals surface area contributed by atoms with Gasteiger partial charge in [-0.3, -0.25) is 0 Å². The summed E-state index contributed by atoms with van der Waals surface area (Å²) in [6, 6.07) is 7.15. The zero-order valence-electron chi connectivity index (χ0n) is 12.6. The van der Waals surface area contributed by atoms with Crippen LogP contribution in [0.15, 0.2) is 29.2 Å². The highest BCUT2D eigenvalue weighted by Crippen LogP contribution is 2.13. The van der Waals surface area contributed by atoms with Crippen molar-refractivity contribution in [1.29, 1.82) is 0 Å². The summed E-state index contributed by atoms with van der Waals surface area (Å²) in [6.07, 6.45) is 0.955. The summed E-state index contributed by atoms with van der Waals surface area (Å²) >= 11 is 0. The van der Waals surface area contributed by atoms with Gasteiger partial charge in [0.15, 0.2) is 0 Å². The van der Waals surface area contributed by atoms with Gasteiger partial charge in [0, 0.05) is 19.1 Å². The minimum atomic E-state index is -3.45. The van der Waals surface area contributed by atoms with E-state index in [9.17, 15) is 8.42 Å². The van der Waals surface area contributed by atoms with E-state index in [4.69, 9.17) is 4.74 Å². The van der Waals surface area contributed by atoms with Gasteiger partial charge in [-0.25, -0.2) is 13.1 Å². The van der Waals surface area contributed by atoms with Crippen molar-refractivity contribution in [3.05, 3.63) is 29.8 Å². The number of hydrogen-bond donors (Lipinski definition) is 2. The lowest BCUT2D eigenvalue weighted by atomic mass is 10.0. The largest absolute Gasteiger partial charge is 0.378 e. The van der Waals surface area contributed by atoms with Gasteiger partial charge in [-0.1, -0.05) is 26.0 Å². The summed E-state index contributed by atoms with van der Waals surface area (Å²) in [5.74, 6) is 0.558. The third-order valence-electron chi connectivity index (χ3n) is 3.40. The van der Waals surface area contributed by atoms with Gasteiger partial charge in [0.05, 0.1) is 18.1 Å². The summed E-state index contributed by atoms with van der Waals surface area (Å²) in [5, 5.41) is 3.22. The molecule has 1 aliphatic heterocycles. The first-order chi connectivity index (χ1) is 9.97. The lowest BCUT2D eigenvalue weighted by molar-refractivity contribution is 0.0784. The summed E-state index contributed by atoms with van der Waals surface area (Å²) < 4.78 is 32.4. The van der Waals surface area contributed by atoms with E-state index in [1.54, 1.807) is 12.1 Å². The predicted octanol–water partition coefficient (Wildman–Crippen LogP) is 1.15. The Morgan fingerprint density at radius 1 is 1.33 bits per heavy atom. The lowest BCUT2D eigenvalue weighted by Gasteiger charge is -2.23. The fourth-order valence-electron chi connectivity index (χ4n) is 2.32. The number of morpholine rings is 1. The molecule has 21 heavy (non-hydrogen) atoms. The van der Waals surface area contributed by atoms with Crippen molar-refractivity contribution in [2.45, 2.75) is 31.2 Å². The minimum absolute atomic E-state index is 0.0359. The fourth-order valence-corrected chi connectivity index (χ4v) is 3.40. The van der Waals surface area contributed by atoms with Gasteiger partial charge in [-0.2, -0.15) is 0 Å². The Morgan fingerprint density at radius 2 is 2.05 bits per heavy atom. The maximum atomic E-state index is 12.2. The van der Waals surface area contributed by atoms with E-state index in [0.717, 1.165) is 18.5 Å². The van der Waals surface area contributed by atoms with Crippen LogP contribution in [0.25, 0.3) is 0 Å². The standard InChI is InChI=1S/C15H24N2O3S/c1-12(2)9-13-3-5-15(6-4-13)21(18,19)17-10-14-11-20-8-7-16-14/h3-6,12,14,16-17H,7-11H2,1-2H3. The number of hydrogen-bond acceptors (Lipinski definition) is 4. The maximum Gasteiger partial charge on any atom is 0.240 e. The molecule has 5 nitrogen and oxygen atoms in total. The molecule has 1 unspecified atom stereocenters. The first kappa shape index (κ1) is 16.4. The van der Waals surface area contributed by atoms with Gasteiger partial charge < -0.3 is 10.1 Å². The molecule has 0 amide bonds. The third kappa shape index (κ3) is 5.07. The van der Waals surface area contributed by atoms with E-state index in [-0.39, 0.29) is 6.04 Å². The minimum Gasteiger partial charge on any atom is -0.378 e. The highest BCUT2D eigenvalue weighted by molar-refractivity contribution is 7.89. The molecule has 2 N–H and O–H groups in total. The van der Waals surface area contributed by atoms with Crippen LogP contribution in [-0.2, 0) is 21.2 Å². The molecule has 0 aromatic heterocycles. The van der Waals surface area contributed by atoms with Crippen molar-refractivity contribution in [2.75, 3.05) is 26.3 Å². The molecule has 1 heterocycles. The van der Waals surface area contributed by atoms with Gasteiger partial charge in [-0.05, 0) is 30.0 Å². The number of nitrogens with one attached hydrogen (secondary N) is 2. The van der Waals surface area contributed by atoms with E-state index in [0.29, 0.717) is 30.6 Å². The molecule has 0 saturated carbocycles. The number of ether oxygens (including phenoxy) is 1. The van der Waals surface area contributed by atoms with Crippen molar-refractivity contribution in [2.24, 2.45) is 5.92 Å². The molecule has 1 aromatic rings. The first-order valence-electron chi connectivity index (χ1n) is 7.37. The van der Waals surface area contributed by atoms with Gasteiger partial charge in [0.2, 0.25) is 10.0 Å². The van der Waals surface area contributed by atoms with Gasteiger partial charge in [0.1, 0.15) is 0 Å². The SMILES string of the molecule is CC(C)Cc1ccc(S(=O)(=O)NCC2COCCN2)cc1. The molecule has 0 bridgehead atoms. The quantitative estimate of drug-likeness (QED) is 0.827. The summed E-state index contributed by atoms with van der Waals surface area (Å²) in [5.41, 5.74) is 1.16. The Balaban J connectivity index is 1.95. The topological polar surface area (TPSA) is 67.4 Å². The predicted molar refractivity (Wildman–Crippen MR) is 82.8 cm³/mol. The summed E-state index contributed by atoms with van der Waals surface area (Å²) in [7, 11) is -3.45. The smallest absolute Gasteiger partial charge is 0.240 e. The van der Waals surface area contributed by atoms with Crippen molar-refractivity contribution in [1.82, 2.24) is 10.0 Å². The number of rotatable bonds is 6. The van der Waals surface area contributed by atoms with Crippen LogP contribution in [0.3, 0.4) is 0 Å². The normalized spacial score (nSPS) is 19.9. The van der Waals surface area contributed by atoms with Crippen LogP contribution in [-0.4, -0.2) is 40.8 Å². The number of benzene rings is 1. The molecule has 0 radical (unpaired) electrons. The first-order valence-corrected chi connectivity index (χ1v) is 8.85. The van der Waals surface area contributed by atoms with Crippen molar-refractivity contribution < 1.29 is 13.2 Å². The van der Waals surface area contributed by atoms with Crippen LogP contribution < -0.4 is 10.0 Å². The second-order valence-electron chi connectivity index (χ2n) is 5.82. The molecule has 118 valence electrons. The van der Waals surface area contributed by atoms with Crippen molar-refractivity contribution >= 4 is 10.0 Å². The van der Waals surface area contributed by atoms with Crippen LogP contribution in [0.4, 0.5) is 0 Å². The molecule has 2 rings (SSSR count). The van der Waals surface area contributed by atoms with E-state index >= 15 is 0 Å².